The first kappa shape index (κ1) is 16.6. The summed E-state index contributed by atoms with van der Waals surface area (Å²) in [5.74, 6) is -0.0113. The van der Waals surface area contributed by atoms with E-state index in [1.54, 1.807) is 0 Å². The maximum absolute atomic E-state index is 11.3. The van der Waals surface area contributed by atoms with Gasteiger partial charge in [0.1, 0.15) is 6.33 Å². The Morgan fingerprint density at radius 2 is 1.71 bits per heavy atom. The summed E-state index contributed by atoms with van der Waals surface area (Å²) in [5, 5.41) is 24.6. The number of nitro groups is 2. The first-order valence-electron chi connectivity index (χ1n) is 6.63. The molecule has 0 radical (unpaired) electrons. The van der Waals surface area contributed by atoms with Gasteiger partial charge in [-0.05, 0) is 12.1 Å². The normalized spacial score (nSPS) is 9.83. The van der Waals surface area contributed by atoms with Crippen LogP contribution < -0.4 is 16.2 Å². The smallest absolute Gasteiger partial charge is 0.354 e. The molecule has 1 aromatic carbocycles. The predicted molar refractivity (Wildman–Crippen MR) is 87.7 cm³/mol. The van der Waals surface area contributed by atoms with Gasteiger partial charge in [0, 0.05) is 18.7 Å². The molecule has 11 nitrogen and oxygen atoms in total. The van der Waals surface area contributed by atoms with Gasteiger partial charge in [0.05, 0.1) is 15.5 Å². The summed E-state index contributed by atoms with van der Waals surface area (Å²) in [6.07, 6.45) is 2.70. The molecule has 0 aliphatic rings. The van der Waals surface area contributed by atoms with Crippen molar-refractivity contribution in [3.8, 4) is 0 Å². The topological polar surface area (TPSA) is 148 Å². The lowest BCUT2D eigenvalue weighted by atomic mass is 10.3. The number of nitrogens with zero attached hydrogens (tertiary/aromatic N) is 4. The minimum absolute atomic E-state index is 0.0444. The second-order valence-corrected chi connectivity index (χ2v) is 4.40. The summed E-state index contributed by atoms with van der Waals surface area (Å²) in [5.41, 5.74) is 5.35. The van der Waals surface area contributed by atoms with E-state index in [1.165, 1.54) is 30.3 Å². The predicted octanol–water partition coefficient (Wildman–Crippen LogP) is 2.33. The molecule has 3 N–H and O–H groups in total. The Hall–Kier alpha value is -3.76. The number of anilines is 3. The van der Waals surface area contributed by atoms with Crippen molar-refractivity contribution >= 4 is 28.7 Å². The number of hydrazine groups is 1. The second kappa shape index (κ2) is 7.49. The highest BCUT2D eigenvalue weighted by atomic mass is 16.6. The van der Waals surface area contributed by atoms with Crippen LogP contribution in [0.2, 0.25) is 0 Å². The molecule has 0 amide bonds. The van der Waals surface area contributed by atoms with Gasteiger partial charge in [0.15, 0.2) is 0 Å². The standard InChI is InChI=1S/C13H13N7O4/c1-2-7-14-12-11(20(23)24)13(16-8-15-12)18-17-9-3-5-10(6-4-9)19(21)22/h2-6,8,17H,1,7H2,(H2,14,15,16,18). The van der Waals surface area contributed by atoms with E-state index in [9.17, 15) is 20.2 Å². The van der Waals surface area contributed by atoms with Crippen molar-refractivity contribution in [2.24, 2.45) is 0 Å². The molecule has 0 spiro atoms. The molecule has 2 aromatic rings. The van der Waals surface area contributed by atoms with Crippen LogP contribution in [0.5, 0.6) is 0 Å². The summed E-state index contributed by atoms with van der Waals surface area (Å²) in [6, 6.07) is 5.51. The molecule has 24 heavy (non-hydrogen) atoms. The molecule has 2 rings (SSSR count). The highest BCUT2D eigenvalue weighted by molar-refractivity contribution is 5.70. The van der Waals surface area contributed by atoms with Crippen molar-refractivity contribution < 1.29 is 9.85 Å². The lowest BCUT2D eigenvalue weighted by Crippen LogP contribution is -2.14. The molecule has 0 aliphatic carbocycles. The number of nitro benzene ring substituents is 1. The lowest BCUT2D eigenvalue weighted by molar-refractivity contribution is -0.384. The second-order valence-electron chi connectivity index (χ2n) is 4.40. The quantitative estimate of drug-likeness (QED) is 0.376. The first-order chi connectivity index (χ1) is 11.5. The van der Waals surface area contributed by atoms with Gasteiger partial charge >= 0.3 is 5.69 Å². The van der Waals surface area contributed by atoms with Crippen molar-refractivity contribution in [3.63, 3.8) is 0 Å². The summed E-state index contributed by atoms with van der Waals surface area (Å²) < 4.78 is 0. The Balaban J connectivity index is 2.18. The molecule has 0 bridgehead atoms. The average Bonchev–Trinajstić information content (AvgIpc) is 2.58. The van der Waals surface area contributed by atoms with E-state index in [0.717, 1.165) is 6.33 Å². The Labute approximate surface area is 135 Å². The zero-order valence-electron chi connectivity index (χ0n) is 12.3. The van der Waals surface area contributed by atoms with Gasteiger partial charge in [-0.1, -0.05) is 6.08 Å². The highest BCUT2D eigenvalue weighted by Gasteiger charge is 2.22. The Morgan fingerprint density at radius 3 is 2.29 bits per heavy atom. The van der Waals surface area contributed by atoms with Gasteiger partial charge in [-0.25, -0.2) is 9.97 Å². The number of hydrogen-bond acceptors (Lipinski definition) is 9. The number of benzene rings is 1. The molecule has 0 atom stereocenters. The first-order valence-corrected chi connectivity index (χ1v) is 6.63. The zero-order chi connectivity index (χ0) is 17.5. The highest BCUT2D eigenvalue weighted by Crippen LogP contribution is 2.28. The van der Waals surface area contributed by atoms with Gasteiger partial charge in [0.2, 0.25) is 11.6 Å². The third kappa shape index (κ3) is 3.91. The summed E-state index contributed by atoms with van der Waals surface area (Å²) in [7, 11) is 0. The summed E-state index contributed by atoms with van der Waals surface area (Å²) in [4.78, 5) is 28.4. The Bertz CT molecular complexity index is 763. The molecule has 0 unspecified atom stereocenters. The molecule has 11 heteroatoms. The van der Waals surface area contributed by atoms with Crippen molar-refractivity contribution in [1.29, 1.82) is 0 Å². The molecule has 1 aromatic heterocycles. The van der Waals surface area contributed by atoms with Gasteiger partial charge in [-0.3, -0.25) is 31.1 Å². The number of nitrogens with one attached hydrogen (secondary N) is 3. The molecule has 124 valence electrons. The summed E-state index contributed by atoms with van der Waals surface area (Å²) >= 11 is 0. The van der Waals surface area contributed by atoms with Crippen molar-refractivity contribution in [2.45, 2.75) is 0 Å². The van der Waals surface area contributed by atoms with E-state index in [0.29, 0.717) is 12.2 Å². The van der Waals surface area contributed by atoms with E-state index in [1.807, 2.05) is 0 Å². The van der Waals surface area contributed by atoms with Crippen LogP contribution in [0.15, 0.2) is 43.2 Å². The fourth-order valence-corrected chi connectivity index (χ4v) is 1.74. The van der Waals surface area contributed by atoms with Crippen LogP contribution >= 0.6 is 0 Å². The van der Waals surface area contributed by atoms with Crippen LogP contribution in [0, 0.1) is 20.2 Å². The minimum Gasteiger partial charge on any atom is -0.361 e. The molecule has 0 saturated heterocycles. The van der Waals surface area contributed by atoms with Gasteiger partial charge in [-0.2, -0.15) is 0 Å². The van der Waals surface area contributed by atoms with Gasteiger partial charge in [-0.15, -0.1) is 6.58 Å². The van der Waals surface area contributed by atoms with Crippen LogP contribution in [0.4, 0.5) is 28.7 Å². The molecule has 0 fully saturated rings. The van der Waals surface area contributed by atoms with Crippen LogP contribution in [0.3, 0.4) is 0 Å². The monoisotopic (exact) mass is 331 g/mol. The fraction of sp³-hybridized carbons (Fsp3) is 0.0769. The van der Waals surface area contributed by atoms with Crippen LogP contribution in [0.1, 0.15) is 0 Å². The molecule has 0 aliphatic heterocycles. The van der Waals surface area contributed by atoms with Gasteiger partial charge < -0.3 is 5.32 Å². The SMILES string of the molecule is C=CCNc1ncnc(NNc2ccc([N+](=O)[O-])cc2)c1[N+](=O)[O-]. The number of rotatable bonds is 8. The molecule has 1 heterocycles. The molecular formula is C13H13N7O4. The molecular weight excluding hydrogens is 318 g/mol. The lowest BCUT2D eigenvalue weighted by Gasteiger charge is -2.10. The number of aromatic nitrogens is 2. The van der Waals surface area contributed by atoms with Crippen molar-refractivity contribution in [2.75, 3.05) is 22.7 Å². The van der Waals surface area contributed by atoms with Crippen LogP contribution in [-0.4, -0.2) is 26.4 Å². The number of non-ortho nitro benzene ring substituents is 1. The van der Waals surface area contributed by atoms with E-state index in [4.69, 9.17) is 0 Å². The maximum atomic E-state index is 11.3. The van der Waals surface area contributed by atoms with E-state index in [-0.39, 0.29) is 23.0 Å². The third-order valence-electron chi connectivity index (χ3n) is 2.82. The molecule has 0 saturated carbocycles. The van der Waals surface area contributed by atoms with Crippen LogP contribution in [0.25, 0.3) is 0 Å². The largest absolute Gasteiger partial charge is 0.361 e. The average molecular weight is 331 g/mol. The Morgan fingerprint density at radius 1 is 1.04 bits per heavy atom. The van der Waals surface area contributed by atoms with E-state index >= 15 is 0 Å². The number of hydrogen-bond donors (Lipinski definition) is 3. The van der Waals surface area contributed by atoms with Crippen molar-refractivity contribution in [3.05, 3.63) is 63.5 Å². The van der Waals surface area contributed by atoms with Crippen molar-refractivity contribution in [1.82, 2.24) is 9.97 Å². The fourth-order valence-electron chi connectivity index (χ4n) is 1.74. The third-order valence-corrected chi connectivity index (χ3v) is 2.82. The summed E-state index contributed by atoms with van der Waals surface area (Å²) in [6.45, 7) is 3.82. The van der Waals surface area contributed by atoms with Crippen LogP contribution in [-0.2, 0) is 0 Å². The maximum Gasteiger partial charge on any atom is 0.354 e. The van der Waals surface area contributed by atoms with Gasteiger partial charge in [0.25, 0.3) is 5.69 Å². The Kier molecular flexibility index (Phi) is 5.18. The zero-order valence-corrected chi connectivity index (χ0v) is 12.3. The minimum atomic E-state index is -0.620. The van der Waals surface area contributed by atoms with E-state index < -0.39 is 9.85 Å². The van der Waals surface area contributed by atoms with E-state index in [2.05, 4.69) is 32.7 Å².